The van der Waals surface area contributed by atoms with Crippen molar-refractivity contribution in [3.05, 3.63) is 88.6 Å². The number of carbonyl (C=O) groups is 1. The first kappa shape index (κ1) is 25.9. The van der Waals surface area contributed by atoms with E-state index in [0.29, 0.717) is 35.7 Å². The first-order chi connectivity index (χ1) is 17.1. The molecule has 1 aliphatic carbocycles. The van der Waals surface area contributed by atoms with E-state index in [4.69, 9.17) is 0 Å². The van der Waals surface area contributed by atoms with Crippen molar-refractivity contribution >= 4 is 21.8 Å². The molecule has 0 bridgehead atoms. The minimum Gasteiger partial charge on any atom is -0.351 e. The number of amides is 1. The van der Waals surface area contributed by atoms with Crippen LogP contribution in [0.5, 0.6) is 0 Å². The van der Waals surface area contributed by atoms with Crippen molar-refractivity contribution in [3.8, 4) is 22.6 Å². The number of alkyl halides is 3. The van der Waals surface area contributed by atoms with Crippen LogP contribution in [0.25, 0.3) is 22.6 Å². The molecular formula is C27H26BrF3N4O. The predicted octanol–water partition coefficient (Wildman–Crippen LogP) is 6.26. The largest absolute Gasteiger partial charge is 0.414 e. The summed E-state index contributed by atoms with van der Waals surface area (Å²) in [5, 5.41) is 2.84. The van der Waals surface area contributed by atoms with Crippen molar-refractivity contribution in [2.75, 3.05) is 27.2 Å². The Balaban J connectivity index is 1.74. The summed E-state index contributed by atoms with van der Waals surface area (Å²) in [4.78, 5) is 18.9. The third-order valence-corrected chi connectivity index (χ3v) is 6.49. The Morgan fingerprint density at radius 1 is 1.11 bits per heavy atom. The molecule has 3 aromatic rings. The molecule has 1 aromatic carbocycles. The highest BCUT2D eigenvalue weighted by atomic mass is 79.9. The zero-order valence-electron chi connectivity index (χ0n) is 19.9. The van der Waals surface area contributed by atoms with Gasteiger partial charge in [-0.3, -0.25) is 9.78 Å². The van der Waals surface area contributed by atoms with Crippen molar-refractivity contribution in [1.82, 2.24) is 19.8 Å². The average Bonchev–Trinajstić information content (AvgIpc) is 3.29. The number of halogens is 4. The number of hydrogen-bond donors (Lipinski definition) is 1. The van der Waals surface area contributed by atoms with Crippen LogP contribution in [0, 0.1) is 0 Å². The summed E-state index contributed by atoms with van der Waals surface area (Å²) in [5.41, 5.74) is 2.25. The van der Waals surface area contributed by atoms with Gasteiger partial charge in [-0.05, 0) is 62.5 Å². The second-order valence-corrected chi connectivity index (χ2v) is 9.69. The Kier molecular flexibility index (Phi) is 7.80. The quantitative estimate of drug-likeness (QED) is 0.372. The number of aromatic nitrogens is 2. The van der Waals surface area contributed by atoms with Crippen molar-refractivity contribution in [1.29, 1.82) is 0 Å². The Hall–Kier alpha value is -3.17. The SMILES string of the molecule is CN(C)CCNC(=O)c1ccc(-c2ccc(-c3ccc(Br)cc3)n2C2CC=CC=C2C(F)(F)F)nc1. The van der Waals surface area contributed by atoms with Gasteiger partial charge < -0.3 is 14.8 Å². The fourth-order valence-corrected chi connectivity index (χ4v) is 4.43. The zero-order valence-corrected chi connectivity index (χ0v) is 21.5. The molecular weight excluding hydrogens is 533 g/mol. The first-order valence-corrected chi connectivity index (χ1v) is 12.2. The van der Waals surface area contributed by atoms with Crippen molar-refractivity contribution in [3.63, 3.8) is 0 Å². The molecule has 0 aliphatic heterocycles. The summed E-state index contributed by atoms with van der Waals surface area (Å²) in [7, 11) is 3.84. The van der Waals surface area contributed by atoms with Crippen LogP contribution in [-0.4, -0.2) is 53.7 Å². The molecule has 2 heterocycles. The Labute approximate surface area is 216 Å². The van der Waals surface area contributed by atoms with Crippen LogP contribution < -0.4 is 5.32 Å². The van der Waals surface area contributed by atoms with E-state index >= 15 is 0 Å². The second-order valence-electron chi connectivity index (χ2n) is 8.77. The number of carbonyl (C=O) groups excluding carboxylic acids is 1. The van der Waals surface area contributed by atoms with Crippen LogP contribution in [0.1, 0.15) is 22.8 Å². The van der Waals surface area contributed by atoms with Gasteiger partial charge in [-0.25, -0.2) is 0 Å². The fourth-order valence-electron chi connectivity index (χ4n) is 4.17. The monoisotopic (exact) mass is 558 g/mol. The van der Waals surface area contributed by atoms with E-state index in [2.05, 4.69) is 26.2 Å². The van der Waals surface area contributed by atoms with E-state index in [1.165, 1.54) is 12.3 Å². The molecule has 0 spiro atoms. The van der Waals surface area contributed by atoms with Gasteiger partial charge in [0.15, 0.2) is 0 Å². The molecule has 0 fully saturated rings. The number of nitrogens with one attached hydrogen (secondary N) is 1. The maximum atomic E-state index is 14.0. The van der Waals surface area contributed by atoms with E-state index in [1.807, 2.05) is 49.3 Å². The van der Waals surface area contributed by atoms with Crippen LogP contribution in [-0.2, 0) is 0 Å². The van der Waals surface area contributed by atoms with Gasteiger partial charge >= 0.3 is 6.18 Å². The maximum absolute atomic E-state index is 14.0. The molecule has 1 amide bonds. The number of allylic oxidation sites excluding steroid dienone is 4. The van der Waals surface area contributed by atoms with Crippen molar-refractivity contribution in [2.45, 2.75) is 18.6 Å². The van der Waals surface area contributed by atoms with Crippen LogP contribution in [0.3, 0.4) is 0 Å². The van der Waals surface area contributed by atoms with E-state index in [-0.39, 0.29) is 12.3 Å². The summed E-state index contributed by atoms with van der Waals surface area (Å²) < 4.78 is 44.6. The molecule has 0 radical (unpaired) electrons. The minimum atomic E-state index is -4.48. The Bertz CT molecular complexity index is 1280. The molecule has 0 saturated carbocycles. The lowest BCUT2D eigenvalue weighted by molar-refractivity contribution is -0.0982. The predicted molar refractivity (Wildman–Crippen MR) is 139 cm³/mol. The minimum absolute atomic E-state index is 0.197. The molecule has 9 heteroatoms. The molecule has 5 nitrogen and oxygen atoms in total. The molecule has 2 aromatic heterocycles. The van der Waals surface area contributed by atoms with Gasteiger partial charge in [0.05, 0.1) is 28.6 Å². The lowest BCUT2D eigenvalue weighted by Gasteiger charge is -2.29. The number of likely N-dealkylation sites (N-methyl/N-ethyl adjacent to an activating group) is 1. The topological polar surface area (TPSA) is 50.2 Å². The number of pyridine rings is 1. The maximum Gasteiger partial charge on any atom is 0.414 e. The molecule has 0 saturated heterocycles. The van der Waals surface area contributed by atoms with Crippen LogP contribution in [0.15, 0.2) is 83.0 Å². The summed E-state index contributed by atoms with van der Waals surface area (Å²) >= 11 is 3.41. The molecule has 1 aliphatic rings. The highest BCUT2D eigenvalue weighted by molar-refractivity contribution is 9.10. The molecule has 188 valence electrons. The van der Waals surface area contributed by atoms with Crippen LogP contribution in [0.4, 0.5) is 13.2 Å². The Morgan fingerprint density at radius 3 is 2.47 bits per heavy atom. The number of rotatable bonds is 7. The number of nitrogens with zero attached hydrogens (tertiary/aromatic N) is 3. The van der Waals surface area contributed by atoms with E-state index < -0.39 is 17.8 Å². The van der Waals surface area contributed by atoms with E-state index in [1.54, 1.807) is 28.8 Å². The van der Waals surface area contributed by atoms with Gasteiger partial charge in [0.1, 0.15) is 0 Å². The molecule has 1 atom stereocenters. The number of hydrogen-bond acceptors (Lipinski definition) is 3. The molecule has 1 unspecified atom stereocenters. The molecule has 36 heavy (non-hydrogen) atoms. The molecule has 4 rings (SSSR count). The highest BCUT2D eigenvalue weighted by Crippen LogP contribution is 2.43. The van der Waals surface area contributed by atoms with E-state index in [9.17, 15) is 18.0 Å². The average molecular weight is 559 g/mol. The van der Waals surface area contributed by atoms with Gasteiger partial charge in [0.2, 0.25) is 0 Å². The smallest absolute Gasteiger partial charge is 0.351 e. The van der Waals surface area contributed by atoms with Gasteiger partial charge in [-0.2, -0.15) is 13.2 Å². The third-order valence-electron chi connectivity index (χ3n) is 5.96. The van der Waals surface area contributed by atoms with Gasteiger partial charge in [0.25, 0.3) is 5.91 Å². The normalized spacial score (nSPS) is 15.8. The zero-order chi connectivity index (χ0) is 25.9. The fraction of sp³-hybridized carbons (Fsp3) is 0.259. The summed E-state index contributed by atoms with van der Waals surface area (Å²) in [6, 6.07) is 13.4. The van der Waals surface area contributed by atoms with Gasteiger partial charge in [-0.1, -0.05) is 46.3 Å². The Morgan fingerprint density at radius 2 is 1.83 bits per heavy atom. The standard InChI is InChI=1S/C27H26BrF3N4O/c1-34(2)16-15-32-26(36)19-9-12-22(33-17-19)25-14-13-23(18-7-10-20(28)11-8-18)35(25)24-6-4-3-5-21(24)27(29,30)31/h3-5,7-14,17,24H,6,15-16H2,1-2H3,(H,32,36). The van der Waals surface area contributed by atoms with E-state index in [0.717, 1.165) is 16.1 Å². The van der Waals surface area contributed by atoms with Crippen molar-refractivity contribution in [2.24, 2.45) is 0 Å². The third kappa shape index (κ3) is 5.79. The van der Waals surface area contributed by atoms with Crippen molar-refractivity contribution < 1.29 is 18.0 Å². The molecule has 1 N–H and O–H groups in total. The summed E-state index contributed by atoms with van der Waals surface area (Å²) in [5.74, 6) is -0.249. The lowest BCUT2D eigenvalue weighted by atomic mass is 9.97. The summed E-state index contributed by atoms with van der Waals surface area (Å²) in [6.07, 6.45) is 1.50. The first-order valence-electron chi connectivity index (χ1n) is 11.5. The van der Waals surface area contributed by atoms with Gasteiger partial charge in [-0.15, -0.1) is 0 Å². The second kappa shape index (κ2) is 10.8. The summed E-state index contributed by atoms with van der Waals surface area (Å²) in [6.45, 7) is 1.20. The van der Waals surface area contributed by atoms with Crippen LogP contribution >= 0.6 is 15.9 Å². The number of benzene rings is 1. The lowest BCUT2D eigenvalue weighted by Crippen LogP contribution is -2.31. The van der Waals surface area contributed by atoms with Crippen LogP contribution in [0.2, 0.25) is 0 Å². The highest BCUT2D eigenvalue weighted by Gasteiger charge is 2.40. The van der Waals surface area contributed by atoms with Gasteiger partial charge in [0, 0.05) is 29.5 Å².